The van der Waals surface area contributed by atoms with Crippen LogP contribution in [-0.4, -0.2) is 77.5 Å². The van der Waals surface area contributed by atoms with Crippen LogP contribution in [0.1, 0.15) is 16.6 Å². The maximum atomic E-state index is 12.9. The van der Waals surface area contributed by atoms with E-state index in [0.29, 0.717) is 5.56 Å². The molecule has 1 amide bonds. The van der Waals surface area contributed by atoms with Crippen LogP contribution in [0.4, 0.5) is 5.95 Å². The van der Waals surface area contributed by atoms with Gasteiger partial charge >= 0.3 is 181 Å². The van der Waals surface area contributed by atoms with Gasteiger partial charge in [-0.25, -0.2) is 0 Å². The van der Waals surface area contributed by atoms with Crippen molar-refractivity contribution in [1.82, 2.24) is 19.5 Å². The zero-order valence-electron chi connectivity index (χ0n) is 16.7. The average molecular weight is 654 g/mol. The SMILES string of the molecule is [2H][PH](=S)OC[C@H]1O[C@@H](n2cnc3c(=O)[nH]c(NC(=O)c4ccccc4)nc32)C(=O)C1[O][Tl]. The van der Waals surface area contributed by atoms with E-state index in [9.17, 15) is 14.4 Å². The molecule has 1 aliphatic heterocycles. The van der Waals surface area contributed by atoms with Crippen LogP contribution in [0.15, 0.2) is 41.5 Å². The van der Waals surface area contributed by atoms with E-state index in [4.69, 9.17) is 25.0 Å². The number of H-pyrrole nitrogens is 1. The van der Waals surface area contributed by atoms with Crippen LogP contribution in [0.25, 0.3) is 11.2 Å². The van der Waals surface area contributed by atoms with Crippen LogP contribution in [0.2, 0.25) is 0 Å². The van der Waals surface area contributed by atoms with Crippen LogP contribution < -0.4 is 10.9 Å². The standard InChI is InChI=1S/C17H15N5O6PS.Tl/c23-11-9(6-27-29-30)28-16(12(11)24)22-7-18-10-13(22)19-17(21-15(10)26)20-14(25)8-4-2-1-3-5-8;/h1-5,7,9,11,16H,6,29H2,(H2,19,20,21,25,26);/q-1;+1/t9-,11?,16-;/m1./s1/i29D;. The minimum absolute atomic E-state index is 0.0220. The number of hydrogen-bond acceptors (Lipinski definition) is 9. The van der Waals surface area contributed by atoms with Gasteiger partial charge in [-0.2, -0.15) is 0 Å². The molecule has 2 unspecified atom stereocenters. The van der Waals surface area contributed by atoms with Crippen molar-refractivity contribution in [2.24, 2.45) is 0 Å². The normalized spacial score (nSPS) is 22.4. The Balaban J connectivity index is 1.65. The topological polar surface area (TPSA) is 137 Å². The molecule has 1 aromatic carbocycles. The summed E-state index contributed by atoms with van der Waals surface area (Å²) >= 11 is 4.82. The van der Waals surface area contributed by atoms with Gasteiger partial charge in [0.25, 0.3) is 0 Å². The van der Waals surface area contributed by atoms with Crippen LogP contribution in [0.3, 0.4) is 0 Å². The number of amides is 1. The molecule has 158 valence electrons. The Morgan fingerprint density at radius 1 is 1.42 bits per heavy atom. The second kappa shape index (κ2) is 9.75. The predicted molar refractivity (Wildman–Crippen MR) is 115 cm³/mol. The van der Waals surface area contributed by atoms with E-state index in [-0.39, 0.29) is 55.7 Å². The number of imidazole rings is 1. The molecule has 4 rings (SSSR count). The second-order valence-electron chi connectivity index (χ2n) is 6.44. The van der Waals surface area contributed by atoms with Gasteiger partial charge in [0.1, 0.15) is 0 Å². The zero-order valence-corrected chi connectivity index (χ0v) is 22.0. The first kappa shape index (κ1) is 21.0. The third kappa shape index (κ3) is 4.54. The molecule has 0 bridgehead atoms. The fourth-order valence-corrected chi connectivity index (χ4v) is 4.79. The van der Waals surface area contributed by atoms with Gasteiger partial charge in [0.05, 0.1) is 0 Å². The first-order chi connectivity index (χ1) is 15.4. The number of fused-ring (bicyclic) bond motifs is 1. The molecule has 4 atom stereocenters. The number of ketones is 1. The van der Waals surface area contributed by atoms with E-state index >= 15 is 0 Å². The third-order valence-electron chi connectivity index (χ3n) is 4.57. The first-order valence-electron chi connectivity index (χ1n) is 9.40. The fraction of sp³-hybridized carbons (Fsp3) is 0.235. The van der Waals surface area contributed by atoms with E-state index in [1.165, 1.54) is 10.9 Å². The van der Waals surface area contributed by atoms with Gasteiger partial charge in [-0.15, -0.1) is 0 Å². The van der Waals surface area contributed by atoms with Gasteiger partial charge in [0.15, 0.2) is 0 Å². The number of carbonyl (C=O) groups excluding carboxylic acids is 2. The van der Waals surface area contributed by atoms with Gasteiger partial charge in [-0.3, -0.25) is 0 Å². The Morgan fingerprint density at radius 3 is 2.90 bits per heavy atom. The number of hydrogen-bond donors (Lipinski definition) is 2. The van der Waals surface area contributed by atoms with Crippen LogP contribution >= 0.6 is 7.53 Å². The van der Waals surface area contributed by atoms with Gasteiger partial charge in [-0.1, -0.05) is 18.2 Å². The molecule has 14 heteroatoms. The summed E-state index contributed by atoms with van der Waals surface area (Å²) in [5.41, 5.74) is -0.176. The summed E-state index contributed by atoms with van der Waals surface area (Å²) in [5, 5.41) is 2.53. The van der Waals surface area contributed by atoms with E-state index in [0.717, 1.165) is 0 Å². The van der Waals surface area contributed by atoms with E-state index in [1.807, 2.05) is 0 Å². The van der Waals surface area contributed by atoms with Crippen molar-refractivity contribution in [3.8, 4) is 0 Å². The Bertz CT molecular complexity index is 1260. The van der Waals surface area contributed by atoms with Gasteiger partial charge < -0.3 is 0 Å². The number of ether oxygens (including phenoxy) is 1. The van der Waals surface area contributed by atoms with Gasteiger partial charge in [0, 0.05) is 0 Å². The Hall–Kier alpha value is -1.84. The van der Waals surface area contributed by atoms with Crippen molar-refractivity contribution in [2.75, 3.05) is 11.9 Å². The molecule has 3 aromatic rings. The average Bonchev–Trinajstić information content (AvgIpc) is 3.33. The van der Waals surface area contributed by atoms with E-state index < -0.39 is 37.4 Å². The number of nitrogens with one attached hydrogen (secondary N) is 2. The Morgan fingerprint density at radius 2 is 2.19 bits per heavy atom. The molecule has 3 heterocycles. The molecule has 2 aromatic heterocycles. The Labute approximate surface area is 199 Å². The number of rotatable bonds is 7. The molecule has 2 N–H and O–H groups in total. The summed E-state index contributed by atoms with van der Waals surface area (Å²) in [4.78, 5) is 48.6. The van der Waals surface area contributed by atoms with Crippen molar-refractivity contribution in [3.05, 3.63) is 52.6 Å². The molecule has 0 aliphatic carbocycles. The summed E-state index contributed by atoms with van der Waals surface area (Å²) in [6, 6.07) is 8.42. The molecule has 1 fully saturated rings. The molecule has 0 radical (unpaired) electrons. The third-order valence-corrected chi connectivity index (χ3v) is 6.35. The summed E-state index contributed by atoms with van der Waals surface area (Å²) in [7, 11) is -2.14. The molecule has 0 spiro atoms. The van der Waals surface area contributed by atoms with Crippen molar-refractivity contribution >= 4 is 74.4 Å². The monoisotopic (exact) mass is 654 g/mol. The minimum atomic E-state index is -2.14. The van der Waals surface area contributed by atoms with Gasteiger partial charge in [-0.05, 0) is 0 Å². The zero-order chi connectivity index (χ0) is 22.8. The number of anilines is 1. The molecular weight excluding hydrogens is 638 g/mol. The summed E-state index contributed by atoms with van der Waals surface area (Å²) in [6.07, 6.45) is -1.52. The summed E-state index contributed by atoms with van der Waals surface area (Å²) in [6.45, 7) is -0.0556. The van der Waals surface area contributed by atoms with Crippen LogP contribution in [0, 0.1) is 0 Å². The number of carbonyl (C=O) groups is 2. The van der Waals surface area contributed by atoms with Crippen molar-refractivity contribution in [1.29, 1.82) is 1.28 Å². The maximum absolute atomic E-state index is 12.9. The Kier molecular flexibility index (Phi) is 6.61. The number of aromatic amines is 1. The quantitative estimate of drug-likeness (QED) is 0.269. The molecule has 1 aliphatic rings. The van der Waals surface area contributed by atoms with Crippen molar-refractivity contribution in [3.63, 3.8) is 0 Å². The fourth-order valence-electron chi connectivity index (χ4n) is 3.15. The number of benzene rings is 1. The molecule has 1 saturated heterocycles. The van der Waals surface area contributed by atoms with Crippen molar-refractivity contribution in [2.45, 2.75) is 18.4 Å². The summed E-state index contributed by atoms with van der Waals surface area (Å²) in [5.74, 6) is -0.958. The molecule has 0 saturated carbocycles. The van der Waals surface area contributed by atoms with Crippen LogP contribution in [-0.2, 0) is 28.5 Å². The van der Waals surface area contributed by atoms with Crippen LogP contribution in [0.5, 0.6) is 0 Å². The predicted octanol–water partition coefficient (Wildman–Crippen LogP) is 0.111. The number of aromatic nitrogens is 4. The first-order valence-corrected chi connectivity index (χ1v) is 12.8. The van der Waals surface area contributed by atoms with Gasteiger partial charge in [0.2, 0.25) is 0 Å². The summed E-state index contributed by atoms with van der Waals surface area (Å²) < 4.78 is 25.1. The van der Waals surface area contributed by atoms with Crippen molar-refractivity contribution < 1.29 is 21.5 Å². The molecule has 31 heavy (non-hydrogen) atoms. The molecular formula is C17H15N5O6PSTl. The van der Waals surface area contributed by atoms with E-state index in [1.54, 1.807) is 30.3 Å². The van der Waals surface area contributed by atoms with E-state index in [2.05, 4.69) is 20.3 Å². The second-order valence-corrected chi connectivity index (χ2v) is 8.45. The number of nitrogens with zero attached hydrogens (tertiary/aromatic N) is 3. The number of Topliss-reactive ketones (excluding diaryl/α,β-unsaturated/α-hetero) is 1. The molecule has 11 nitrogen and oxygen atoms in total.